The summed E-state index contributed by atoms with van der Waals surface area (Å²) in [7, 11) is 0. The van der Waals surface area contributed by atoms with E-state index in [1.54, 1.807) is 0 Å². The van der Waals surface area contributed by atoms with Crippen molar-refractivity contribution in [2.75, 3.05) is 38.2 Å². The standard InChI is InChI=1S/C28H39ClN4O2.CH4/c29-26-7-8-27(32-18-21-10-14-34-15-11-21)33-28(26)22-9-12-30-24(17-22)16-20-3-5-23(6-4-20)31-19-25-2-1-13-35-25;/h7-9,12,17,20-21,23,25,31H,1-6,10-11,13-16,18-19H2,(H,32,33);1H4/t20?,23?,25-;/m1./s1. The summed E-state index contributed by atoms with van der Waals surface area (Å²) in [6.07, 6.45) is 13.0. The lowest BCUT2D eigenvalue weighted by Crippen LogP contribution is -2.38. The quantitative estimate of drug-likeness (QED) is 0.419. The highest BCUT2D eigenvalue weighted by molar-refractivity contribution is 6.33. The second kappa shape index (κ2) is 13.7. The fraction of sp³-hybridized carbons (Fsp3) is 0.655. The Morgan fingerprint density at radius 2 is 1.75 bits per heavy atom. The molecule has 0 amide bonds. The van der Waals surface area contributed by atoms with Crippen LogP contribution in [-0.4, -0.2) is 55.0 Å². The van der Waals surface area contributed by atoms with Gasteiger partial charge in [-0.05, 0) is 93.9 Å². The minimum absolute atomic E-state index is 0. The second-order valence-corrected chi connectivity index (χ2v) is 10.9. The van der Waals surface area contributed by atoms with Crippen LogP contribution in [0.3, 0.4) is 0 Å². The van der Waals surface area contributed by atoms with Crippen molar-refractivity contribution in [3.05, 3.63) is 41.2 Å². The van der Waals surface area contributed by atoms with Crippen molar-refractivity contribution >= 4 is 17.4 Å². The topological polar surface area (TPSA) is 68.3 Å². The lowest BCUT2D eigenvalue weighted by Gasteiger charge is -2.30. The van der Waals surface area contributed by atoms with Gasteiger partial charge in [0.2, 0.25) is 0 Å². The highest BCUT2D eigenvalue weighted by Gasteiger charge is 2.23. The van der Waals surface area contributed by atoms with Gasteiger partial charge in [-0.1, -0.05) is 19.0 Å². The molecule has 0 spiro atoms. The van der Waals surface area contributed by atoms with E-state index in [-0.39, 0.29) is 7.43 Å². The van der Waals surface area contributed by atoms with Crippen molar-refractivity contribution in [1.29, 1.82) is 0 Å². The average molecular weight is 515 g/mol. The smallest absolute Gasteiger partial charge is 0.126 e. The van der Waals surface area contributed by atoms with Crippen LogP contribution in [0.25, 0.3) is 11.3 Å². The maximum atomic E-state index is 6.57. The van der Waals surface area contributed by atoms with Gasteiger partial charge in [-0.25, -0.2) is 4.98 Å². The van der Waals surface area contributed by atoms with Crippen molar-refractivity contribution in [1.82, 2.24) is 15.3 Å². The third-order valence-corrected chi connectivity index (χ3v) is 8.16. The van der Waals surface area contributed by atoms with E-state index in [1.165, 1.54) is 38.5 Å². The number of rotatable bonds is 9. The monoisotopic (exact) mass is 514 g/mol. The third kappa shape index (κ3) is 7.64. The van der Waals surface area contributed by atoms with Crippen LogP contribution in [0.2, 0.25) is 5.02 Å². The Morgan fingerprint density at radius 1 is 0.917 bits per heavy atom. The number of nitrogens with one attached hydrogen (secondary N) is 2. The van der Waals surface area contributed by atoms with Crippen LogP contribution in [0.1, 0.15) is 64.5 Å². The number of ether oxygens (including phenoxy) is 2. The molecule has 2 saturated heterocycles. The molecule has 2 aromatic heterocycles. The maximum Gasteiger partial charge on any atom is 0.126 e. The van der Waals surface area contributed by atoms with Crippen molar-refractivity contribution in [2.24, 2.45) is 11.8 Å². The molecule has 1 atom stereocenters. The molecule has 0 unspecified atom stereocenters. The van der Waals surface area contributed by atoms with Gasteiger partial charge >= 0.3 is 0 Å². The number of pyridine rings is 2. The summed E-state index contributed by atoms with van der Waals surface area (Å²) in [5, 5.41) is 7.93. The Labute approximate surface area is 221 Å². The molecule has 6 nitrogen and oxygen atoms in total. The molecule has 36 heavy (non-hydrogen) atoms. The van der Waals surface area contributed by atoms with E-state index in [1.807, 2.05) is 24.4 Å². The molecule has 2 aromatic rings. The number of hydrogen-bond donors (Lipinski definition) is 2. The number of aromatic nitrogens is 2. The number of hydrogen-bond acceptors (Lipinski definition) is 6. The molecule has 3 aliphatic rings. The van der Waals surface area contributed by atoms with Gasteiger partial charge in [0, 0.05) is 56.4 Å². The summed E-state index contributed by atoms with van der Waals surface area (Å²) < 4.78 is 11.2. The molecule has 0 aromatic carbocycles. The van der Waals surface area contributed by atoms with Crippen LogP contribution in [0.15, 0.2) is 30.5 Å². The lowest BCUT2D eigenvalue weighted by molar-refractivity contribution is 0.0699. The SMILES string of the molecule is C.Clc1ccc(NCC2CCOCC2)nc1-c1ccnc(CC2CCC(NC[C@H]3CCCO3)CC2)c1. The molecule has 5 rings (SSSR count). The summed E-state index contributed by atoms with van der Waals surface area (Å²) in [6.45, 7) is 4.58. The number of anilines is 1. The Balaban J connectivity index is 0.00000304. The molecular weight excluding hydrogens is 472 g/mol. The second-order valence-electron chi connectivity index (χ2n) is 10.5. The van der Waals surface area contributed by atoms with E-state index in [0.29, 0.717) is 29.0 Å². The van der Waals surface area contributed by atoms with Gasteiger partial charge < -0.3 is 20.1 Å². The van der Waals surface area contributed by atoms with Crippen molar-refractivity contribution in [2.45, 2.75) is 77.4 Å². The first-order valence-corrected chi connectivity index (χ1v) is 13.9. The molecular formula is C29H43ClN4O2. The van der Waals surface area contributed by atoms with E-state index in [0.717, 1.165) is 74.9 Å². The van der Waals surface area contributed by atoms with Crippen molar-refractivity contribution < 1.29 is 9.47 Å². The zero-order valence-corrected chi connectivity index (χ0v) is 21.4. The fourth-order valence-electron chi connectivity index (χ4n) is 5.65. The van der Waals surface area contributed by atoms with Crippen LogP contribution in [-0.2, 0) is 15.9 Å². The van der Waals surface area contributed by atoms with Gasteiger partial charge in [0.05, 0.1) is 16.8 Å². The Morgan fingerprint density at radius 3 is 2.53 bits per heavy atom. The van der Waals surface area contributed by atoms with E-state index in [2.05, 4.69) is 21.7 Å². The molecule has 0 radical (unpaired) electrons. The normalized spacial score (nSPS) is 24.9. The van der Waals surface area contributed by atoms with Gasteiger partial charge in [-0.3, -0.25) is 4.98 Å². The Bertz CT molecular complexity index is 939. The van der Waals surface area contributed by atoms with E-state index in [9.17, 15) is 0 Å². The molecule has 3 fully saturated rings. The third-order valence-electron chi connectivity index (χ3n) is 7.85. The number of halogens is 1. The molecule has 7 heteroatoms. The van der Waals surface area contributed by atoms with E-state index < -0.39 is 0 Å². The first-order chi connectivity index (χ1) is 17.2. The van der Waals surface area contributed by atoms with Crippen molar-refractivity contribution in [3.63, 3.8) is 0 Å². The lowest BCUT2D eigenvalue weighted by atomic mass is 9.83. The predicted molar refractivity (Wildman–Crippen MR) is 148 cm³/mol. The van der Waals surface area contributed by atoms with E-state index in [4.69, 9.17) is 26.1 Å². The van der Waals surface area contributed by atoms with Gasteiger partial charge in [0.15, 0.2) is 0 Å². The van der Waals surface area contributed by atoms with Crippen LogP contribution in [0.4, 0.5) is 5.82 Å². The zero-order valence-electron chi connectivity index (χ0n) is 20.7. The summed E-state index contributed by atoms with van der Waals surface area (Å²) >= 11 is 6.57. The minimum atomic E-state index is 0. The summed E-state index contributed by atoms with van der Waals surface area (Å²) in [4.78, 5) is 9.54. The molecule has 198 valence electrons. The maximum absolute atomic E-state index is 6.57. The summed E-state index contributed by atoms with van der Waals surface area (Å²) in [6, 6.07) is 8.75. The van der Waals surface area contributed by atoms with Gasteiger partial charge in [0.1, 0.15) is 5.82 Å². The number of nitrogens with zero attached hydrogens (tertiary/aromatic N) is 2. The van der Waals surface area contributed by atoms with Crippen LogP contribution >= 0.6 is 11.6 Å². The molecule has 2 N–H and O–H groups in total. The Kier molecular flexibility index (Phi) is 10.4. The molecule has 1 aliphatic carbocycles. The Hall–Kier alpha value is -1.73. The molecule has 2 aliphatic heterocycles. The van der Waals surface area contributed by atoms with Gasteiger partial charge in [-0.2, -0.15) is 0 Å². The van der Waals surface area contributed by atoms with Crippen LogP contribution in [0.5, 0.6) is 0 Å². The van der Waals surface area contributed by atoms with Crippen LogP contribution < -0.4 is 10.6 Å². The molecule has 1 saturated carbocycles. The van der Waals surface area contributed by atoms with E-state index >= 15 is 0 Å². The van der Waals surface area contributed by atoms with Gasteiger partial charge in [-0.15, -0.1) is 0 Å². The fourth-order valence-corrected chi connectivity index (χ4v) is 5.86. The zero-order chi connectivity index (χ0) is 23.9. The van der Waals surface area contributed by atoms with Gasteiger partial charge in [0.25, 0.3) is 0 Å². The minimum Gasteiger partial charge on any atom is -0.381 e. The van der Waals surface area contributed by atoms with Crippen LogP contribution in [0, 0.1) is 11.8 Å². The highest BCUT2D eigenvalue weighted by atomic mass is 35.5. The first kappa shape index (κ1) is 27.3. The predicted octanol–water partition coefficient (Wildman–Crippen LogP) is 6.14. The van der Waals surface area contributed by atoms with Crippen molar-refractivity contribution in [3.8, 4) is 11.3 Å². The largest absolute Gasteiger partial charge is 0.381 e. The summed E-state index contributed by atoms with van der Waals surface area (Å²) in [5.74, 6) is 2.20. The average Bonchev–Trinajstić information content (AvgIpc) is 3.42. The highest BCUT2D eigenvalue weighted by Crippen LogP contribution is 2.31. The first-order valence-electron chi connectivity index (χ1n) is 13.5. The molecule has 4 heterocycles. The summed E-state index contributed by atoms with van der Waals surface area (Å²) in [5.41, 5.74) is 3.01. The molecule has 0 bridgehead atoms.